The molecule has 6 heteroatoms. The Morgan fingerprint density at radius 1 is 1.10 bits per heavy atom. The molecule has 1 fully saturated rings. The minimum Gasteiger partial charge on any atom is -0.399 e. The molecule has 0 aliphatic carbocycles. The average molecular weight is 401 g/mol. The third-order valence-corrected chi connectivity index (χ3v) is 6.01. The fraction of sp³-hybridized carbons (Fsp3) is 0.429. The lowest BCUT2D eigenvalue weighted by atomic mass is 9.79. The number of hydrogen-bond acceptors (Lipinski definition) is 3. The summed E-state index contributed by atoms with van der Waals surface area (Å²) in [5.41, 5.74) is 1.68. The number of aromatic nitrogens is 1. The number of hydrogen-bond donors (Lipinski definition) is 0. The van der Waals surface area contributed by atoms with Crippen molar-refractivity contribution in [3.63, 3.8) is 0 Å². The van der Waals surface area contributed by atoms with Gasteiger partial charge in [-0.15, -0.1) is 0 Å². The third kappa shape index (κ3) is 2.21. The average Bonchev–Trinajstić information content (AvgIpc) is 2.85. The Kier molecular flexibility index (Phi) is 3.64. The van der Waals surface area contributed by atoms with Crippen LogP contribution in [0.3, 0.4) is 0 Å². The Labute approximate surface area is 136 Å². The van der Waals surface area contributed by atoms with Crippen LogP contribution in [0.15, 0.2) is 30.5 Å². The molecule has 0 amide bonds. The number of para-hydroxylation sites is 1. The van der Waals surface area contributed by atoms with Gasteiger partial charge in [0.2, 0.25) is 0 Å². The van der Waals surface area contributed by atoms with E-state index in [1.807, 2.05) is 0 Å². The highest BCUT2D eigenvalue weighted by Gasteiger charge is 2.52. The summed E-state index contributed by atoms with van der Waals surface area (Å²) in [4.78, 5) is 0. The molecule has 1 aromatic heterocycles. The highest BCUT2D eigenvalue weighted by Crippen LogP contribution is 2.37. The van der Waals surface area contributed by atoms with E-state index in [9.17, 15) is 0 Å². The van der Waals surface area contributed by atoms with Gasteiger partial charge in [-0.2, -0.15) is 0 Å². The van der Waals surface area contributed by atoms with Crippen LogP contribution in [-0.2, 0) is 9.31 Å². The first-order chi connectivity index (χ1) is 9.36. The van der Waals surface area contributed by atoms with Gasteiger partial charge in [-0.05, 0) is 33.8 Å². The van der Waals surface area contributed by atoms with Gasteiger partial charge in [-0.1, -0.05) is 18.2 Å². The molecule has 2 aromatic rings. The molecule has 1 saturated heterocycles. The summed E-state index contributed by atoms with van der Waals surface area (Å²) in [6, 6.07) is 8.35. The zero-order valence-corrected chi connectivity index (χ0v) is 15.0. The maximum atomic E-state index is 6.17. The van der Waals surface area contributed by atoms with Gasteiger partial charge in [0.25, 0.3) is 0 Å². The van der Waals surface area contributed by atoms with Crippen molar-refractivity contribution in [2.24, 2.45) is 0 Å². The monoisotopic (exact) mass is 401 g/mol. The van der Waals surface area contributed by atoms with Crippen molar-refractivity contribution in [2.75, 3.05) is 0 Å². The van der Waals surface area contributed by atoms with Gasteiger partial charge < -0.3 is 9.31 Å². The molecule has 0 radical (unpaired) electrons. The zero-order chi connectivity index (χ0) is 14.5. The Bertz CT molecular complexity index is 640. The van der Waals surface area contributed by atoms with E-state index in [0.29, 0.717) is 0 Å². The molecule has 2 heterocycles. The van der Waals surface area contributed by atoms with Gasteiger partial charge in [0.05, 0.1) is 16.7 Å². The van der Waals surface area contributed by atoms with E-state index >= 15 is 0 Å². The molecule has 1 aliphatic heterocycles. The molecule has 3 nitrogen and oxygen atoms in total. The maximum Gasteiger partial charge on any atom is 0.497 e. The number of fused-ring (bicyclic) bond motifs is 1. The van der Waals surface area contributed by atoms with Gasteiger partial charge in [0.15, 0.2) is 0 Å². The second-order valence-electron chi connectivity index (χ2n) is 6.08. The van der Waals surface area contributed by atoms with E-state index in [1.165, 1.54) is 10.9 Å². The summed E-state index contributed by atoms with van der Waals surface area (Å²) in [5, 5.41) is 1.19. The number of halogens is 1. The lowest BCUT2D eigenvalue weighted by Crippen LogP contribution is -2.41. The lowest BCUT2D eigenvalue weighted by Gasteiger charge is -2.32. The van der Waals surface area contributed by atoms with Gasteiger partial charge in [0.1, 0.15) is 0 Å². The highest BCUT2D eigenvalue weighted by molar-refractivity contribution is 14.2. The maximum absolute atomic E-state index is 6.17. The van der Waals surface area contributed by atoms with Crippen LogP contribution >= 0.6 is 30.3 Å². The van der Waals surface area contributed by atoms with Crippen LogP contribution in [0.5, 0.6) is 0 Å². The molecular weight excluding hydrogens is 384 g/mol. The quantitative estimate of drug-likeness (QED) is 0.566. The van der Waals surface area contributed by atoms with E-state index in [2.05, 4.69) is 83.3 Å². The summed E-state index contributed by atoms with van der Waals surface area (Å²) < 4.78 is 14.5. The number of benzene rings is 1. The predicted octanol–water partition coefficient (Wildman–Crippen LogP) is 3.79. The van der Waals surface area contributed by atoms with E-state index < -0.39 is 0 Å². The fourth-order valence-corrected chi connectivity index (χ4v) is 3.75. The van der Waals surface area contributed by atoms with E-state index in [-0.39, 0.29) is 18.3 Å². The van der Waals surface area contributed by atoms with Crippen LogP contribution in [0.1, 0.15) is 27.7 Å². The van der Waals surface area contributed by atoms with Crippen molar-refractivity contribution in [1.82, 2.24) is 3.97 Å². The summed E-state index contributed by atoms with van der Waals surface area (Å²) >= 11 is 2.29. The second kappa shape index (κ2) is 4.93. The van der Waals surface area contributed by atoms with Crippen molar-refractivity contribution < 1.29 is 9.31 Å². The van der Waals surface area contributed by atoms with Crippen molar-refractivity contribution >= 4 is 53.8 Å². The molecule has 0 N–H and O–H groups in total. The van der Waals surface area contributed by atoms with Crippen molar-refractivity contribution in [3.8, 4) is 0 Å². The van der Waals surface area contributed by atoms with Crippen molar-refractivity contribution in [3.05, 3.63) is 30.5 Å². The zero-order valence-electron chi connectivity index (χ0n) is 12.0. The Balaban J connectivity index is 2.08. The van der Waals surface area contributed by atoms with E-state index in [1.54, 1.807) is 9.12 Å². The Morgan fingerprint density at radius 3 is 2.30 bits per heavy atom. The molecule has 106 valence electrons. The largest absolute Gasteiger partial charge is 0.497 e. The summed E-state index contributed by atoms with van der Waals surface area (Å²) in [6.45, 7) is 8.33. The smallest absolute Gasteiger partial charge is 0.399 e. The van der Waals surface area contributed by atoms with Gasteiger partial charge in [-0.3, -0.25) is 3.97 Å². The molecule has 1 aliphatic rings. The summed E-state index contributed by atoms with van der Waals surface area (Å²) in [5.74, 6) is 0. The third-order valence-electron chi connectivity index (χ3n) is 4.29. The molecule has 0 bridgehead atoms. The number of nitrogens with zero attached hydrogens (tertiary/aromatic N) is 1. The fourth-order valence-electron chi connectivity index (χ4n) is 2.39. The first-order valence-corrected chi connectivity index (χ1v) is 9.92. The summed E-state index contributed by atoms with van der Waals surface area (Å²) in [6.07, 6.45) is 2.12. The van der Waals surface area contributed by atoms with Gasteiger partial charge in [-0.25, -0.2) is 0 Å². The molecule has 0 unspecified atom stereocenters. The SMILES string of the molecule is CC1(C)OB(c2cn(SI)c3ccccc23)OC1(C)C. The Morgan fingerprint density at radius 2 is 1.70 bits per heavy atom. The van der Waals surface area contributed by atoms with Crippen molar-refractivity contribution in [1.29, 1.82) is 0 Å². The van der Waals surface area contributed by atoms with Crippen LogP contribution in [0.25, 0.3) is 10.9 Å². The Hall–Kier alpha value is -0.175. The molecule has 20 heavy (non-hydrogen) atoms. The molecule has 3 rings (SSSR count). The van der Waals surface area contributed by atoms with E-state index in [4.69, 9.17) is 9.31 Å². The molecular formula is C14H17BINO2S. The number of rotatable bonds is 2. The first-order valence-electron chi connectivity index (χ1n) is 6.60. The molecule has 0 spiro atoms. The van der Waals surface area contributed by atoms with Crippen LogP contribution in [0.2, 0.25) is 0 Å². The molecule has 0 atom stereocenters. The van der Waals surface area contributed by atoms with Crippen molar-refractivity contribution in [2.45, 2.75) is 38.9 Å². The molecule has 1 aromatic carbocycles. The summed E-state index contributed by atoms with van der Waals surface area (Å²) in [7, 11) is 1.34. The van der Waals surface area contributed by atoms with Crippen LogP contribution in [0.4, 0.5) is 0 Å². The van der Waals surface area contributed by atoms with E-state index in [0.717, 1.165) is 5.46 Å². The van der Waals surface area contributed by atoms with Crippen LogP contribution < -0.4 is 5.46 Å². The van der Waals surface area contributed by atoms with Crippen LogP contribution in [0, 0.1) is 0 Å². The van der Waals surface area contributed by atoms with Crippen LogP contribution in [-0.4, -0.2) is 22.3 Å². The lowest BCUT2D eigenvalue weighted by molar-refractivity contribution is 0.00578. The highest BCUT2D eigenvalue weighted by atomic mass is 127. The second-order valence-corrected chi connectivity index (χ2v) is 7.80. The van der Waals surface area contributed by atoms with Gasteiger partial charge in [0, 0.05) is 47.4 Å². The normalized spacial score (nSPS) is 20.8. The molecule has 0 saturated carbocycles. The minimum absolute atomic E-state index is 0.307. The standard InChI is InChI=1S/C14H17BINO2S/c1-13(2)14(3,4)19-15(18-13)11-9-17(20-16)12-8-6-5-7-10(11)12/h5-9H,1-4H3. The first kappa shape index (κ1) is 14.7. The minimum atomic E-state index is -0.310. The predicted molar refractivity (Wildman–Crippen MR) is 94.7 cm³/mol. The van der Waals surface area contributed by atoms with Gasteiger partial charge >= 0.3 is 7.12 Å². The topological polar surface area (TPSA) is 23.4 Å².